The molecule has 1 amide bonds. The molecule has 3 N–H and O–H groups in total. The molecule has 2 aromatic heterocycles. The smallest absolute Gasteiger partial charge is 0.250 e. The van der Waals surface area contributed by atoms with Crippen molar-refractivity contribution in [2.24, 2.45) is 11.7 Å². The number of carbonyl (C=O) groups is 1. The fourth-order valence-electron chi connectivity index (χ4n) is 7.26. The number of benzene rings is 2. The second kappa shape index (κ2) is 12.5. The van der Waals surface area contributed by atoms with Gasteiger partial charge in [0.15, 0.2) is 5.76 Å². The van der Waals surface area contributed by atoms with Gasteiger partial charge in [0.1, 0.15) is 17.3 Å². The van der Waals surface area contributed by atoms with Gasteiger partial charge in [0.25, 0.3) is 5.56 Å². The summed E-state index contributed by atoms with van der Waals surface area (Å²) in [6.07, 6.45) is 2.53. The van der Waals surface area contributed by atoms with Crippen molar-refractivity contribution in [3.8, 4) is 17.2 Å². The first-order valence-electron chi connectivity index (χ1n) is 15.8. The number of carbonyl (C=O) groups excluding carboxylic acids is 1. The molecule has 0 radical (unpaired) electrons. The lowest BCUT2D eigenvalue weighted by atomic mass is 9.83. The van der Waals surface area contributed by atoms with Crippen molar-refractivity contribution in [2.45, 2.75) is 50.6 Å². The van der Waals surface area contributed by atoms with Crippen LogP contribution in [0.4, 0.5) is 0 Å². The maximum Gasteiger partial charge on any atom is 0.250 e. The molecule has 4 aromatic rings. The van der Waals surface area contributed by atoms with Gasteiger partial charge in [-0.2, -0.15) is 0 Å². The minimum atomic E-state index is -0.757. The number of hydrogen-bond acceptors (Lipinski definition) is 8. The Labute approximate surface area is 266 Å². The largest absolute Gasteiger partial charge is 0.502 e. The van der Waals surface area contributed by atoms with E-state index in [9.17, 15) is 19.5 Å². The van der Waals surface area contributed by atoms with Gasteiger partial charge >= 0.3 is 0 Å². The summed E-state index contributed by atoms with van der Waals surface area (Å²) in [5.74, 6) is 0.668. The summed E-state index contributed by atoms with van der Waals surface area (Å²) < 4.78 is 19.7. The Morgan fingerprint density at radius 2 is 1.89 bits per heavy atom. The zero-order valence-electron chi connectivity index (χ0n) is 25.5. The van der Waals surface area contributed by atoms with Crippen LogP contribution in [0, 0.1) is 5.92 Å². The minimum Gasteiger partial charge on any atom is -0.502 e. The molecule has 0 spiro atoms. The lowest BCUT2D eigenvalue weighted by Gasteiger charge is -2.42. The van der Waals surface area contributed by atoms with Crippen molar-refractivity contribution < 1.29 is 23.8 Å². The number of nitrogens with two attached hydrogens (primary N) is 1. The van der Waals surface area contributed by atoms with Gasteiger partial charge in [-0.1, -0.05) is 30.3 Å². The van der Waals surface area contributed by atoms with Gasteiger partial charge in [-0.15, -0.1) is 0 Å². The molecule has 0 saturated carbocycles. The summed E-state index contributed by atoms with van der Waals surface area (Å²) in [5.41, 5.74) is 9.19. The molecule has 46 heavy (non-hydrogen) atoms. The monoisotopic (exact) mass is 623 g/mol. The number of rotatable bonds is 10. The third kappa shape index (κ3) is 6.17. The fourth-order valence-corrected chi connectivity index (χ4v) is 7.26. The first-order valence-corrected chi connectivity index (χ1v) is 15.8. The molecule has 10 heteroatoms. The van der Waals surface area contributed by atoms with Crippen molar-refractivity contribution in [3.05, 3.63) is 121 Å². The topological polar surface area (TPSA) is 137 Å². The van der Waals surface area contributed by atoms with Gasteiger partial charge in [-0.3, -0.25) is 19.3 Å². The maximum absolute atomic E-state index is 13.0. The summed E-state index contributed by atoms with van der Waals surface area (Å²) in [7, 11) is 0. The van der Waals surface area contributed by atoms with E-state index < -0.39 is 23.0 Å². The van der Waals surface area contributed by atoms with E-state index in [1.165, 1.54) is 17.2 Å². The predicted octanol–water partition coefficient (Wildman–Crippen LogP) is 3.69. The Bertz CT molecular complexity index is 1880. The SMILES string of the molecule is NC(=O)CC(c1ccc(OCCc2ccc3c(c2)CCO3)cc1)c1oc(CN2CC3CC(C2)c2cccc(=O)n2C3)cc(=O)c1O. The molecule has 7 rings (SSSR count). The van der Waals surface area contributed by atoms with Gasteiger partial charge in [0.05, 0.1) is 25.7 Å². The maximum atomic E-state index is 13.0. The number of piperidine rings is 1. The molecule has 2 aromatic carbocycles. The Kier molecular flexibility index (Phi) is 8.12. The van der Waals surface area contributed by atoms with Crippen molar-refractivity contribution in [1.29, 1.82) is 0 Å². The number of nitrogens with zero attached hydrogens (tertiary/aromatic N) is 2. The van der Waals surface area contributed by atoms with Crippen LogP contribution in [0.3, 0.4) is 0 Å². The molecular formula is C36H37N3O7. The fraction of sp³-hybridized carbons (Fsp3) is 0.361. The molecule has 10 nitrogen and oxygen atoms in total. The molecule has 1 saturated heterocycles. The van der Waals surface area contributed by atoms with Crippen LogP contribution in [0.2, 0.25) is 0 Å². The first-order chi connectivity index (χ1) is 22.3. The van der Waals surface area contributed by atoms with Gasteiger partial charge in [-0.25, -0.2) is 0 Å². The summed E-state index contributed by atoms with van der Waals surface area (Å²) >= 11 is 0. The van der Waals surface area contributed by atoms with Crippen molar-refractivity contribution in [3.63, 3.8) is 0 Å². The van der Waals surface area contributed by atoms with Crippen molar-refractivity contribution >= 4 is 5.91 Å². The van der Waals surface area contributed by atoms with E-state index in [4.69, 9.17) is 19.6 Å². The molecule has 3 aliphatic heterocycles. The average Bonchev–Trinajstić information content (AvgIpc) is 3.51. The number of fused-ring (bicyclic) bond motifs is 5. The summed E-state index contributed by atoms with van der Waals surface area (Å²) in [6, 6.07) is 20.2. The Morgan fingerprint density at radius 1 is 1.04 bits per heavy atom. The van der Waals surface area contributed by atoms with Gasteiger partial charge in [0.2, 0.25) is 17.1 Å². The molecule has 1 fully saturated rings. The molecular weight excluding hydrogens is 586 g/mol. The lowest BCUT2D eigenvalue weighted by Crippen LogP contribution is -2.46. The highest BCUT2D eigenvalue weighted by Crippen LogP contribution is 2.37. The zero-order valence-corrected chi connectivity index (χ0v) is 25.5. The molecule has 3 unspecified atom stereocenters. The van der Waals surface area contributed by atoms with Crippen LogP contribution >= 0.6 is 0 Å². The predicted molar refractivity (Wildman–Crippen MR) is 170 cm³/mol. The van der Waals surface area contributed by atoms with Crippen LogP contribution in [0.15, 0.2) is 80.7 Å². The highest BCUT2D eigenvalue weighted by Gasteiger charge is 2.35. The number of amides is 1. The number of likely N-dealkylation sites (tertiary alicyclic amines) is 1. The number of aromatic nitrogens is 1. The van der Waals surface area contributed by atoms with Crippen molar-refractivity contribution in [1.82, 2.24) is 9.47 Å². The quantitative estimate of drug-likeness (QED) is 0.273. The van der Waals surface area contributed by atoms with E-state index in [0.29, 0.717) is 49.2 Å². The molecule has 0 aliphatic carbocycles. The third-order valence-electron chi connectivity index (χ3n) is 9.35. The van der Waals surface area contributed by atoms with E-state index in [-0.39, 0.29) is 23.7 Å². The normalized spacial score (nSPS) is 19.1. The van der Waals surface area contributed by atoms with E-state index in [2.05, 4.69) is 17.0 Å². The van der Waals surface area contributed by atoms with Crippen LogP contribution in [0.5, 0.6) is 17.2 Å². The molecule has 3 aliphatic rings. The zero-order chi connectivity index (χ0) is 31.8. The standard InChI is InChI=1S/C36H37N3O7/c37-33(41)17-29(24-5-7-27(8-6-24)44-12-10-22-4-9-32-25(14-22)11-13-45-32)36-35(43)31(40)16-28(46-36)21-38-18-23-15-26(20-38)30-2-1-3-34(42)39(30)19-23/h1-9,14,16,23,26,29,43H,10-13,15,17-21H2,(H2,37,41). The Morgan fingerprint density at radius 3 is 2.72 bits per heavy atom. The third-order valence-corrected chi connectivity index (χ3v) is 9.35. The van der Waals surface area contributed by atoms with E-state index >= 15 is 0 Å². The minimum absolute atomic E-state index is 0.0182. The Hall–Kier alpha value is -4.83. The second-order valence-corrected chi connectivity index (χ2v) is 12.6. The van der Waals surface area contributed by atoms with Gasteiger partial charge in [0, 0.05) is 62.6 Å². The highest BCUT2D eigenvalue weighted by molar-refractivity contribution is 5.75. The second-order valence-electron chi connectivity index (χ2n) is 12.6. The summed E-state index contributed by atoms with van der Waals surface area (Å²) in [6.45, 7) is 3.71. The number of aromatic hydroxyl groups is 1. The molecule has 5 heterocycles. The van der Waals surface area contributed by atoms with Crippen molar-refractivity contribution in [2.75, 3.05) is 26.3 Å². The van der Waals surface area contributed by atoms with E-state index in [1.807, 2.05) is 22.8 Å². The van der Waals surface area contributed by atoms with Crippen LogP contribution in [-0.4, -0.2) is 46.8 Å². The number of hydrogen-bond donors (Lipinski definition) is 2. The van der Waals surface area contributed by atoms with Gasteiger partial charge in [-0.05, 0) is 53.3 Å². The van der Waals surface area contributed by atoms with Crippen LogP contribution in [0.1, 0.15) is 58.6 Å². The van der Waals surface area contributed by atoms with Crippen LogP contribution in [-0.2, 0) is 30.7 Å². The Balaban J connectivity index is 1.06. The van der Waals surface area contributed by atoms with E-state index in [0.717, 1.165) is 43.9 Å². The van der Waals surface area contributed by atoms with E-state index in [1.54, 1.807) is 30.3 Å². The number of primary amides is 1. The lowest BCUT2D eigenvalue weighted by molar-refractivity contribution is -0.118. The average molecular weight is 624 g/mol. The van der Waals surface area contributed by atoms with Gasteiger partial charge < -0.3 is 29.3 Å². The number of pyridine rings is 1. The first kappa shape index (κ1) is 29.9. The molecule has 238 valence electrons. The van der Waals surface area contributed by atoms with Crippen LogP contribution < -0.4 is 26.2 Å². The van der Waals surface area contributed by atoms with Crippen LogP contribution in [0.25, 0.3) is 0 Å². The molecule has 2 bridgehead atoms. The highest BCUT2D eigenvalue weighted by atomic mass is 16.5. The summed E-state index contributed by atoms with van der Waals surface area (Å²) in [4.78, 5) is 39.8. The molecule has 3 atom stereocenters. The number of ether oxygens (including phenoxy) is 2. The summed E-state index contributed by atoms with van der Waals surface area (Å²) in [5, 5.41) is 10.8.